The van der Waals surface area contributed by atoms with Crippen LogP contribution in [0.3, 0.4) is 0 Å². The first-order valence-electron chi connectivity index (χ1n) is 8.61. The summed E-state index contributed by atoms with van der Waals surface area (Å²) in [6, 6.07) is 4.95. The Morgan fingerprint density at radius 2 is 1.96 bits per heavy atom. The highest BCUT2D eigenvalue weighted by Crippen LogP contribution is 2.23. The highest BCUT2D eigenvalue weighted by molar-refractivity contribution is 7.89. The van der Waals surface area contributed by atoms with Crippen molar-refractivity contribution < 1.29 is 17.9 Å². The van der Waals surface area contributed by atoms with Crippen molar-refractivity contribution in [2.75, 3.05) is 33.2 Å². The average Bonchev–Trinajstić information content (AvgIpc) is 3.08. The number of hydrogen-bond acceptors (Lipinski definition) is 5. The van der Waals surface area contributed by atoms with Gasteiger partial charge in [0, 0.05) is 13.1 Å². The molecule has 0 aliphatic carbocycles. The third-order valence-electron chi connectivity index (χ3n) is 4.88. The van der Waals surface area contributed by atoms with Gasteiger partial charge < -0.3 is 15.0 Å². The molecule has 2 heterocycles. The Bertz CT molecular complexity index is 727. The van der Waals surface area contributed by atoms with Crippen LogP contribution in [0.5, 0.6) is 0 Å². The average molecular weight is 367 g/mol. The lowest BCUT2D eigenvalue weighted by Gasteiger charge is -2.32. The molecule has 0 atom stereocenters. The van der Waals surface area contributed by atoms with Crippen LogP contribution in [0.25, 0.3) is 0 Å². The molecule has 8 heteroatoms. The van der Waals surface area contributed by atoms with Crippen molar-refractivity contribution >= 4 is 15.9 Å². The second-order valence-electron chi connectivity index (χ2n) is 6.63. The maximum Gasteiger partial charge on any atom is 0.241 e. The zero-order valence-corrected chi connectivity index (χ0v) is 15.3. The van der Waals surface area contributed by atoms with Crippen molar-refractivity contribution in [2.24, 2.45) is 5.92 Å². The van der Waals surface area contributed by atoms with E-state index in [1.807, 2.05) is 7.05 Å². The minimum absolute atomic E-state index is 0.170. The molecule has 2 aliphatic heterocycles. The molecule has 1 aromatic carbocycles. The highest BCUT2D eigenvalue weighted by Gasteiger charge is 2.24. The largest absolute Gasteiger partial charge is 0.372 e. The molecule has 1 aromatic rings. The van der Waals surface area contributed by atoms with Crippen LogP contribution in [0.1, 0.15) is 24.0 Å². The third-order valence-corrected chi connectivity index (χ3v) is 6.28. The Morgan fingerprint density at radius 3 is 2.68 bits per heavy atom. The van der Waals surface area contributed by atoms with E-state index in [-0.39, 0.29) is 17.3 Å². The maximum absolute atomic E-state index is 12.4. The fourth-order valence-corrected chi connectivity index (χ4v) is 4.37. The summed E-state index contributed by atoms with van der Waals surface area (Å²) in [7, 11) is -1.77. The molecule has 2 aliphatic rings. The van der Waals surface area contributed by atoms with E-state index in [0.717, 1.165) is 30.5 Å². The fourth-order valence-electron chi connectivity index (χ4n) is 3.34. The van der Waals surface area contributed by atoms with E-state index in [9.17, 15) is 13.2 Å². The molecular formula is C17H25N3O4S. The van der Waals surface area contributed by atoms with Crippen LogP contribution in [-0.4, -0.2) is 52.5 Å². The molecule has 0 spiro atoms. The monoisotopic (exact) mass is 367 g/mol. The lowest BCUT2D eigenvalue weighted by Crippen LogP contribution is -2.45. The summed E-state index contributed by atoms with van der Waals surface area (Å²) in [6.45, 7) is 3.07. The number of sulfonamides is 1. The number of carbonyl (C=O) groups is 1. The minimum Gasteiger partial charge on any atom is -0.372 e. The zero-order chi connectivity index (χ0) is 17.9. The SMILES string of the molecule is CNCC1CCN(C(=O)CNS(=O)(=O)c2ccc3c(c2)COC3)CC1. The first-order chi connectivity index (χ1) is 12.0. The van der Waals surface area contributed by atoms with Gasteiger partial charge >= 0.3 is 0 Å². The van der Waals surface area contributed by atoms with E-state index in [2.05, 4.69) is 10.0 Å². The number of fused-ring (bicyclic) bond motifs is 1. The summed E-state index contributed by atoms with van der Waals surface area (Å²) in [5.41, 5.74) is 1.90. The molecule has 7 nitrogen and oxygen atoms in total. The van der Waals surface area contributed by atoms with Gasteiger partial charge in [-0.25, -0.2) is 13.1 Å². The van der Waals surface area contributed by atoms with Crippen LogP contribution in [0, 0.1) is 5.92 Å². The van der Waals surface area contributed by atoms with E-state index in [1.165, 1.54) is 0 Å². The van der Waals surface area contributed by atoms with Gasteiger partial charge in [-0.3, -0.25) is 4.79 Å². The Hall–Kier alpha value is -1.48. The van der Waals surface area contributed by atoms with Crippen molar-refractivity contribution in [2.45, 2.75) is 31.0 Å². The Kier molecular flexibility index (Phi) is 5.73. The number of hydrogen-bond donors (Lipinski definition) is 2. The van der Waals surface area contributed by atoms with Crippen molar-refractivity contribution in [1.29, 1.82) is 0 Å². The molecule has 0 aromatic heterocycles. The second kappa shape index (κ2) is 7.82. The van der Waals surface area contributed by atoms with Gasteiger partial charge in [-0.15, -0.1) is 0 Å². The molecule has 0 saturated carbocycles. The summed E-state index contributed by atoms with van der Waals surface area (Å²) in [5.74, 6) is 0.412. The van der Waals surface area contributed by atoms with Crippen LogP contribution in [0.4, 0.5) is 0 Å². The van der Waals surface area contributed by atoms with Crippen molar-refractivity contribution in [3.8, 4) is 0 Å². The summed E-state index contributed by atoms with van der Waals surface area (Å²) < 4.78 is 32.6. The van der Waals surface area contributed by atoms with Crippen LogP contribution in [0.15, 0.2) is 23.1 Å². The predicted molar refractivity (Wildman–Crippen MR) is 93.4 cm³/mol. The number of nitrogens with one attached hydrogen (secondary N) is 2. The van der Waals surface area contributed by atoms with Gasteiger partial charge in [0.1, 0.15) is 0 Å². The predicted octanol–water partition coefficient (Wildman–Crippen LogP) is 0.453. The van der Waals surface area contributed by atoms with E-state index in [0.29, 0.717) is 32.2 Å². The quantitative estimate of drug-likeness (QED) is 0.762. The van der Waals surface area contributed by atoms with Crippen molar-refractivity contribution in [1.82, 2.24) is 14.9 Å². The lowest BCUT2D eigenvalue weighted by molar-refractivity contribution is -0.131. The molecule has 1 amide bonds. The Labute approximate surface area is 148 Å². The second-order valence-corrected chi connectivity index (χ2v) is 8.40. The molecule has 1 saturated heterocycles. The molecule has 3 rings (SSSR count). The van der Waals surface area contributed by atoms with Crippen molar-refractivity contribution in [3.63, 3.8) is 0 Å². The van der Waals surface area contributed by atoms with E-state index < -0.39 is 10.0 Å². The van der Waals surface area contributed by atoms with Crippen LogP contribution >= 0.6 is 0 Å². The van der Waals surface area contributed by atoms with Crippen molar-refractivity contribution in [3.05, 3.63) is 29.3 Å². The van der Waals surface area contributed by atoms with Gasteiger partial charge in [0.25, 0.3) is 0 Å². The number of nitrogens with zero attached hydrogens (tertiary/aromatic N) is 1. The maximum atomic E-state index is 12.4. The molecule has 0 unspecified atom stereocenters. The number of carbonyl (C=O) groups excluding carboxylic acids is 1. The van der Waals surface area contributed by atoms with Gasteiger partial charge in [0.15, 0.2) is 0 Å². The van der Waals surface area contributed by atoms with Crippen LogP contribution < -0.4 is 10.0 Å². The Balaban J connectivity index is 1.54. The summed E-state index contributed by atoms with van der Waals surface area (Å²) in [5, 5.41) is 3.16. The fraction of sp³-hybridized carbons (Fsp3) is 0.588. The molecular weight excluding hydrogens is 342 g/mol. The zero-order valence-electron chi connectivity index (χ0n) is 14.5. The smallest absolute Gasteiger partial charge is 0.241 e. The van der Waals surface area contributed by atoms with E-state index in [1.54, 1.807) is 23.1 Å². The van der Waals surface area contributed by atoms with Gasteiger partial charge in [-0.2, -0.15) is 0 Å². The standard InChI is InChI=1S/C17H25N3O4S/c1-18-9-13-4-6-20(7-5-13)17(21)10-19-25(22,23)16-3-2-14-11-24-12-15(14)8-16/h2-3,8,13,18-19H,4-7,9-12H2,1H3. The van der Waals surface area contributed by atoms with Gasteiger partial charge in [-0.1, -0.05) is 6.07 Å². The first kappa shape index (κ1) is 18.3. The van der Waals surface area contributed by atoms with Gasteiger partial charge in [0.05, 0.1) is 24.7 Å². The molecule has 0 radical (unpaired) electrons. The number of ether oxygens (including phenoxy) is 1. The molecule has 1 fully saturated rings. The van der Waals surface area contributed by atoms with E-state index in [4.69, 9.17) is 4.74 Å². The number of likely N-dealkylation sites (tertiary alicyclic amines) is 1. The molecule has 138 valence electrons. The molecule has 25 heavy (non-hydrogen) atoms. The summed E-state index contributed by atoms with van der Waals surface area (Å²) >= 11 is 0. The summed E-state index contributed by atoms with van der Waals surface area (Å²) in [6.07, 6.45) is 1.90. The van der Waals surface area contributed by atoms with Crippen LogP contribution in [-0.2, 0) is 32.8 Å². The van der Waals surface area contributed by atoms with Gasteiger partial charge in [-0.05, 0) is 55.6 Å². The van der Waals surface area contributed by atoms with E-state index >= 15 is 0 Å². The topological polar surface area (TPSA) is 87.7 Å². The molecule has 0 bridgehead atoms. The number of benzene rings is 1. The highest BCUT2D eigenvalue weighted by atomic mass is 32.2. The number of amides is 1. The number of rotatable bonds is 6. The summed E-state index contributed by atoms with van der Waals surface area (Å²) in [4.78, 5) is 14.2. The minimum atomic E-state index is -3.70. The first-order valence-corrected chi connectivity index (χ1v) is 10.1. The normalized spacial score (nSPS) is 18.4. The van der Waals surface area contributed by atoms with Crippen LogP contribution in [0.2, 0.25) is 0 Å². The third kappa shape index (κ3) is 4.38. The van der Waals surface area contributed by atoms with Gasteiger partial charge in [0.2, 0.25) is 15.9 Å². The number of piperidine rings is 1. The Morgan fingerprint density at radius 1 is 1.24 bits per heavy atom. The molecule has 2 N–H and O–H groups in total. The lowest BCUT2D eigenvalue weighted by atomic mass is 9.97.